The van der Waals surface area contributed by atoms with E-state index in [1.54, 1.807) is 18.0 Å². The van der Waals surface area contributed by atoms with E-state index in [0.717, 1.165) is 25.1 Å². The van der Waals surface area contributed by atoms with Crippen LogP contribution in [0.5, 0.6) is 0 Å². The zero-order valence-corrected chi connectivity index (χ0v) is 12.6. The predicted molar refractivity (Wildman–Crippen MR) is 80.7 cm³/mol. The molecule has 1 atom stereocenters. The lowest BCUT2D eigenvalue weighted by atomic mass is 10.2. The highest BCUT2D eigenvalue weighted by Gasteiger charge is 2.13. The molecule has 1 aromatic rings. The topological polar surface area (TPSA) is 66.9 Å². The molecule has 1 amide bonds. The average Bonchev–Trinajstić information content (AvgIpc) is 2.45. The fraction of sp³-hybridized carbons (Fsp3) is 0.615. The molecule has 19 heavy (non-hydrogen) atoms. The smallest absolute Gasteiger partial charge is 0.271 e. The first-order valence-corrected chi connectivity index (χ1v) is 7.96. The Morgan fingerprint density at radius 3 is 2.68 bits per heavy atom. The van der Waals surface area contributed by atoms with Crippen LogP contribution in [0.3, 0.4) is 0 Å². The Labute approximate surface area is 119 Å². The molecule has 5 nitrogen and oxygen atoms in total. The third kappa shape index (κ3) is 5.46. The number of anilines is 1. The number of thioether (sulfide) groups is 1. The van der Waals surface area contributed by atoms with Crippen LogP contribution in [0, 0.1) is 0 Å². The summed E-state index contributed by atoms with van der Waals surface area (Å²) in [6.45, 7) is 5.00. The van der Waals surface area contributed by atoms with E-state index in [2.05, 4.69) is 34.4 Å². The molecular formula is C13H22N4OS. The first-order chi connectivity index (χ1) is 9.21. The van der Waals surface area contributed by atoms with E-state index in [4.69, 9.17) is 0 Å². The summed E-state index contributed by atoms with van der Waals surface area (Å²) in [5.74, 6) is 1.45. The van der Waals surface area contributed by atoms with Crippen LogP contribution in [0.1, 0.15) is 37.2 Å². The second-order valence-corrected chi connectivity index (χ2v) is 5.16. The van der Waals surface area contributed by atoms with Crippen molar-refractivity contribution < 1.29 is 4.79 Å². The molecule has 0 saturated carbocycles. The number of hydrogen-bond acceptors (Lipinski definition) is 5. The Balaban J connectivity index is 2.56. The highest BCUT2D eigenvalue weighted by molar-refractivity contribution is 7.98. The zero-order valence-electron chi connectivity index (χ0n) is 11.8. The molecule has 0 aliphatic heterocycles. The first-order valence-electron chi connectivity index (χ1n) is 6.56. The van der Waals surface area contributed by atoms with E-state index in [1.807, 2.05) is 6.26 Å². The van der Waals surface area contributed by atoms with Crippen molar-refractivity contribution in [1.82, 2.24) is 15.3 Å². The van der Waals surface area contributed by atoms with Gasteiger partial charge in [0.15, 0.2) is 0 Å². The Morgan fingerprint density at radius 2 is 2.16 bits per heavy atom. The lowest BCUT2D eigenvalue weighted by Crippen LogP contribution is -2.36. The fourth-order valence-corrected chi connectivity index (χ4v) is 2.23. The molecule has 0 fully saturated rings. The molecule has 1 unspecified atom stereocenters. The molecule has 1 aromatic heterocycles. The van der Waals surface area contributed by atoms with Crippen molar-refractivity contribution in [2.75, 3.05) is 23.9 Å². The van der Waals surface area contributed by atoms with E-state index in [-0.39, 0.29) is 11.9 Å². The molecule has 106 valence electrons. The number of aromatic nitrogens is 2. The summed E-state index contributed by atoms with van der Waals surface area (Å²) >= 11 is 1.72. The minimum atomic E-state index is -0.157. The minimum Gasteiger partial charge on any atom is -0.369 e. The number of rotatable bonds is 8. The van der Waals surface area contributed by atoms with Gasteiger partial charge in [-0.05, 0) is 19.1 Å². The van der Waals surface area contributed by atoms with Crippen molar-refractivity contribution >= 4 is 23.5 Å². The summed E-state index contributed by atoms with van der Waals surface area (Å²) in [6.07, 6.45) is 7.08. The van der Waals surface area contributed by atoms with E-state index in [9.17, 15) is 4.79 Å². The summed E-state index contributed by atoms with van der Waals surface area (Å²) in [7, 11) is 0. The quantitative estimate of drug-likeness (QED) is 0.765. The predicted octanol–water partition coefficient (Wildman–Crippen LogP) is 2.17. The third-order valence-electron chi connectivity index (χ3n) is 2.64. The zero-order chi connectivity index (χ0) is 14.1. The molecular weight excluding hydrogens is 260 g/mol. The molecule has 0 aliphatic carbocycles. The van der Waals surface area contributed by atoms with Gasteiger partial charge in [-0.2, -0.15) is 11.8 Å². The second kappa shape index (κ2) is 8.74. The normalized spacial score (nSPS) is 11.9. The van der Waals surface area contributed by atoms with Crippen LogP contribution in [0.2, 0.25) is 0 Å². The molecule has 0 aliphatic rings. The van der Waals surface area contributed by atoms with Gasteiger partial charge in [-0.3, -0.25) is 4.79 Å². The minimum absolute atomic E-state index is 0.157. The standard InChI is InChI=1S/C13H22N4OS/c1-4-6-14-12-8-15-11(7-16-12)13(18)17-10(5-2)9-19-3/h7-8,10H,4-6,9H2,1-3H3,(H,14,16)(H,17,18). The molecule has 0 bridgehead atoms. The summed E-state index contributed by atoms with van der Waals surface area (Å²) in [5.41, 5.74) is 0.363. The summed E-state index contributed by atoms with van der Waals surface area (Å²) in [4.78, 5) is 20.3. The lowest BCUT2D eigenvalue weighted by molar-refractivity contribution is 0.0934. The van der Waals surface area contributed by atoms with Gasteiger partial charge in [-0.25, -0.2) is 9.97 Å². The number of hydrogen-bond donors (Lipinski definition) is 2. The number of nitrogens with one attached hydrogen (secondary N) is 2. The molecule has 0 radical (unpaired) electrons. The molecule has 2 N–H and O–H groups in total. The van der Waals surface area contributed by atoms with E-state index >= 15 is 0 Å². The van der Waals surface area contributed by atoms with Crippen LogP contribution in [-0.4, -0.2) is 40.5 Å². The Bertz CT molecular complexity index is 383. The molecule has 0 spiro atoms. The first kappa shape index (κ1) is 15.8. The van der Waals surface area contributed by atoms with Crippen molar-refractivity contribution in [3.8, 4) is 0 Å². The summed E-state index contributed by atoms with van der Waals surface area (Å²) in [5, 5.41) is 6.09. The van der Waals surface area contributed by atoms with Crippen molar-refractivity contribution in [1.29, 1.82) is 0 Å². The molecule has 6 heteroatoms. The molecule has 0 aromatic carbocycles. The van der Waals surface area contributed by atoms with Crippen LogP contribution in [0.4, 0.5) is 5.82 Å². The Kier molecular flexibility index (Phi) is 7.25. The van der Waals surface area contributed by atoms with E-state index in [0.29, 0.717) is 11.5 Å². The molecule has 1 rings (SSSR count). The summed E-state index contributed by atoms with van der Waals surface area (Å²) < 4.78 is 0. The van der Waals surface area contributed by atoms with Crippen LogP contribution in [-0.2, 0) is 0 Å². The van der Waals surface area contributed by atoms with Crippen LogP contribution in [0.15, 0.2) is 12.4 Å². The maximum atomic E-state index is 12.0. The van der Waals surface area contributed by atoms with Gasteiger partial charge in [0.05, 0.1) is 12.4 Å². The SMILES string of the molecule is CCCNc1cnc(C(=O)NC(CC)CSC)cn1. The third-order valence-corrected chi connectivity index (χ3v) is 3.37. The van der Waals surface area contributed by atoms with Crippen LogP contribution >= 0.6 is 11.8 Å². The maximum absolute atomic E-state index is 12.0. The lowest BCUT2D eigenvalue weighted by Gasteiger charge is -2.15. The van der Waals surface area contributed by atoms with Crippen molar-refractivity contribution in [3.05, 3.63) is 18.1 Å². The summed E-state index contributed by atoms with van der Waals surface area (Å²) in [6, 6.07) is 0.183. The highest BCUT2D eigenvalue weighted by Crippen LogP contribution is 2.04. The monoisotopic (exact) mass is 282 g/mol. The van der Waals surface area contributed by atoms with Gasteiger partial charge < -0.3 is 10.6 Å². The van der Waals surface area contributed by atoms with Gasteiger partial charge in [-0.1, -0.05) is 13.8 Å². The molecule has 0 saturated heterocycles. The average molecular weight is 282 g/mol. The van der Waals surface area contributed by atoms with Gasteiger partial charge in [0.2, 0.25) is 0 Å². The van der Waals surface area contributed by atoms with Gasteiger partial charge in [0.1, 0.15) is 11.5 Å². The van der Waals surface area contributed by atoms with E-state index < -0.39 is 0 Å². The number of nitrogens with zero attached hydrogens (tertiary/aromatic N) is 2. The number of amides is 1. The maximum Gasteiger partial charge on any atom is 0.271 e. The Morgan fingerprint density at radius 1 is 1.37 bits per heavy atom. The van der Waals surface area contributed by atoms with Gasteiger partial charge in [0, 0.05) is 18.3 Å². The second-order valence-electron chi connectivity index (χ2n) is 4.25. The number of carbonyl (C=O) groups excluding carboxylic acids is 1. The Hall–Kier alpha value is -1.30. The van der Waals surface area contributed by atoms with Crippen molar-refractivity contribution in [2.45, 2.75) is 32.7 Å². The van der Waals surface area contributed by atoms with Crippen LogP contribution < -0.4 is 10.6 Å². The highest BCUT2D eigenvalue weighted by atomic mass is 32.2. The molecule has 1 heterocycles. The number of carbonyl (C=O) groups is 1. The van der Waals surface area contributed by atoms with Crippen molar-refractivity contribution in [3.63, 3.8) is 0 Å². The fourth-order valence-electron chi connectivity index (χ4n) is 1.51. The van der Waals surface area contributed by atoms with Gasteiger partial charge in [-0.15, -0.1) is 0 Å². The van der Waals surface area contributed by atoms with Crippen LogP contribution in [0.25, 0.3) is 0 Å². The van der Waals surface area contributed by atoms with Gasteiger partial charge in [0.25, 0.3) is 5.91 Å². The van der Waals surface area contributed by atoms with E-state index in [1.165, 1.54) is 6.20 Å². The van der Waals surface area contributed by atoms with Crippen molar-refractivity contribution in [2.24, 2.45) is 0 Å². The van der Waals surface area contributed by atoms with Gasteiger partial charge >= 0.3 is 0 Å². The largest absolute Gasteiger partial charge is 0.369 e.